The van der Waals surface area contributed by atoms with Crippen LogP contribution >= 0.6 is 0 Å². The number of hydrogen-bond acceptors (Lipinski definition) is 1. The quantitative estimate of drug-likeness (QED) is 0.126. The van der Waals surface area contributed by atoms with Crippen molar-refractivity contribution in [2.75, 3.05) is 26.7 Å². The fourth-order valence-electron chi connectivity index (χ4n) is 3.89. The number of likely N-dealkylation sites (tertiary alicyclic amines) is 1. The van der Waals surface area contributed by atoms with Crippen LogP contribution in [0.1, 0.15) is 84.0 Å². The zero-order valence-electron chi connectivity index (χ0n) is 18.4. The highest BCUT2D eigenvalue weighted by Gasteiger charge is 2.25. The second-order valence-electron chi connectivity index (χ2n) is 8.58. The Bertz CT molecular complexity index is 528. The van der Waals surface area contributed by atoms with Crippen LogP contribution in [-0.2, 0) is 0 Å². The lowest BCUT2D eigenvalue weighted by Gasteiger charge is -2.29. The van der Waals surface area contributed by atoms with Crippen LogP contribution in [0.3, 0.4) is 0 Å². The van der Waals surface area contributed by atoms with Crippen molar-refractivity contribution in [1.29, 1.82) is 0 Å². The summed E-state index contributed by atoms with van der Waals surface area (Å²) >= 11 is 0. The van der Waals surface area contributed by atoms with Crippen LogP contribution in [0.5, 0.6) is 5.75 Å². The highest BCUT2D eigenvalue weighted by Crippen LogP contribution is 2.25. The van der Waals surface area contributed by atoms with Gasteiger partial charge in [-0.05, 0) is 18.6 Å². The second-order valence-corrected chi connectivity index (χ2v) is 8.58. The van der Waals surface area contributed by atoms with Crippen LogP contribution in [0.15, 0.2) is 0 Å². The molecule has 1 fully saturated rings. The van der Waals surface area contributed by atoms with Gasteiger partial charge in [0.25, 0.3) is 0 Å². The van der Waals surface area contributed by atoms with E-state index in [-0.39, 0.29) is 0 Å². The standard InChI is InChI=1S/C17H36N.C6HF5O/c1-3-4-5-6-7-8-9-10-11-12-15-18(2)16-13-14-17-18;7-1-2(8)4(10)6(12)5(11)3(1)9/h3-17H2,1-2H3;12H/q+1;/p-1. The zero-order valence-corrected chi connectivity index (χ0v) is 18.4. The molecular weight excluding hydrogens is 401 g/mol. The third-order valence-corrected chi connectivity index (χ3v) is 5.87. The number of unbranched alkanes of at least 4 members (excludes halogenated alkanes) is 9. The third kappa shape index (κ3) is 8.78. The maximum atomic E-state index is 12.1. The molecule has 0 saturated carbocycles. The lowest BCUT2D eigenvalue weighted by Crippen LogP contribution is -2.41. The Morgan fingerprint density at radius 2 is 1.00 bits per heavy atom. The van der Waals surface area contributed by atoms with Gasteiger partial charge in [-0.25, -0.2) is 22.0 Å². The van der Waals surface area contributed by atoms with E-state index in [9.17, 15) is 27.1 Å². The first-order valence-electron chi connectivity index (χ1n) is 11.3. The fraction of sp³-hybridized carbons (Fsp3) is 0.739. The van der Waals surface area contributed by atoms with E-state index in [0.29, 0.717) is 0 Å². The summed E-state index contributed by atoms with van der Waals surface area (Å²) in [4.78, 5) is 0. The molecule has 1 heterocycles. The van der Waals surface area contributed by atoms with Gasteiger partial charge in [0.15, 0.2) is 29.1 Å². The molecule has 2 rings (SSSR count). The molecule has 0 bridgehead atoms. The molecule has 0 N–H and O–H groups in total. The number of rotatable bonds is 11. The molecule has 0 unspecified atom stereocenters. The Morgan fingerprint density at radius 1 is 0.633 bits per heavy atom. The molecule has 0 spiro atoms. The summed E-state index contributed by atoms with van der Waals surface area (Å²) in [5, 5.41) is 10.2. The molecule has 0 atom stereocenters. The number of hydrogen-bond donors (Lipinski definition) is 0. The van der Waals surface area contributed by atoms with Gasteiger partial charge in [-0.1, -0.05) is 58.3 Å². The third-order valence-electron chi connectivity index (χ3n) is 5.87. The summed E-state index contributed by atoms with van der Waals surface area (Å²) in [6, 6.07) is 0. The van der Waals surface area contributed by atoms with Gasteiger partial charge in [0.1, 0.15) is 0 Å². The van der Waals surface area contributed by atoms with E-state index >= 15 is 0 Å². The first-order chi connectivity index (χ1) is 14.2. The van der Waals surface area contributed by atoms with Gasteiger partial charge < -0.3 is 9.59 Å². The summed E-state index contributed by atoms with van der Waals surface area (Å²) in [7, 11) is 2.46. The van der Waals surface area contributed by atoms with Gasteiger partial charge in [0, 0.05) is 12.8 Å². The van der Waals surface area contributed by atoms with Crippen LogP contribution in [-0.4, -0.2) is 31.2 Å². The molecule has 1 saturated heterocycles. The molecule has 30 heavy (non-hydrogen) atoms. The first kappa shape index (κ1) is 26.7. The van der Waals surface area contributed by atoms with Crippen molar-refractivity contribution < 1.29 is 31.5 Å². The minimum absolute atomic E-state index is 1.37. The predicted octanol–water partition coefficient (Wildman–Crippen LogP) is 6.60. The van der Waals surface area contributed by atoms with Gasteiger partial charge in [0.05, 0.1) is 26.7 Å². The Balaban J connectivity index is 0.000000325. The highest BCUT2D eigenvalue weighted by atomic mass is 19.2. The van der Waals surface area contributed by atoms with Crippen molar-refractivity contribution >= 4 is 0 Å². The van der Waals surface area contributed by atoms with Crippen molar-refractivity contribution in [1.82, 2.24) is 0 Å². The van der Waals surface area contributed by atoms with E-state index in [1.54, 1.807) is 0 Å². The van der Waals surface area contributed by atoms with Gasteiger partial charge in [-0.3, -0.25) is 0 Å². The van der Waals surface area contributed by atoms with Crippen molar-refractivity contribution in [3.05, 3.63) is 29.1 Å². The van der Waals surface area contributed by atoms with Gasteiger partial charge in [-0.2, -0.15) is 0 Å². The molecule has 2 nitrogen and oxygen atoms in total. The number of nitrogens with zero attached hydrogens (tertiary/aromatic N) is 1. The van der Waals surface area contributed by atoms with Crippen LogP contribution in [0, 0.1) is 29.1 Å². The molecule has 0 radical (unpaired) electrons. The largest absolute Gasteiger partial charge is 0.868 e. The predicted molar refractivity (Wildman–Crippen MR) is 108 cm³/mol. The van der Waals surface area contributed by atoms with E-state index in [1.165, 1.54) is 101 Å². The maximum Gasteiger partial charge on any atom is 0.200 e. The molecule has 0 aliphatic carbocycles. The minimum atomic E-state index is -2.33. The fourth-order valence-corrected chi connectivity index (χ4v) is 3.89. The normalized spacial score (nSPS) is 15.2. The average Bonchev–Trinajstić information content (AvgIpc) is 3.18. The molecule has 0 amide bonds. The van der Waals surface area contributed by atoms with Gasteiger partial charge >= 0.3 is 0 Å². The van der Waals surface area contributed by atoms with Gasteiger partial charge in [0.2, 0.25) is 0 Å². The highest BCUT2D eigenvalue weighted by molar-refractivity contribution is 5.26. The lowest BCUT2D eigenvalue weighted by molar-refractivity contribution is -0.897. The van der Waals surface area contributed by atoms with Gasteiger partial charge in [-0.15, -0.1) is 0 Å². The van der Waals surface area contributed by atoms with Crippen molar-refractivity contribution in [2.45, 2.75) is 84.0 Å². The van der Waals surface area contributed by atoms with Crippen molar-refractivity contribution in [3.63, 3.8) is 0 Å². The molecule has 1 aliphatic rings. The van der Waals surface area contributed by atoms with E-state index in [4.69, 9.17) is 0 Å². The number of halogens is 5. The van der Waals surface area contributed by atoms with E-state index in [1.807, 2.05) is 0 Å². The minimum Gasteiger partial charge on any atom is -0.868 e. The summed E-state index contributed by atoms with van der Waals surface area (Å²) in [6.07, 6.45) is 17.5. The molecule has 1 aliphatic heterocycles. The first-order valence-corrected chi connectivity index (χ1v) is 11.3. The summed E-state index contributed by atoms with van der Waals surface area (Å²) in [5.74, 6) is -13.6. The van der Waals surface area contributed by atoms with E-state index in [0.717, 1.165) is 0 Å². The average molecular weight is 438 g/mol. The summed E-state index contributed by atoms with van der Waals surface area (Å²) < 4.78 is 61.8. The maximum absolute atomic E-state index is 12.1. The van der Waals surface area contributed by atoms with Crippen LogP contribution in [0.25, 0.3) is 0 Å². The monoisotopic (exact) mass is 437 g/mol. The van der Waals surface area contributed by atoms with E-state index < -0.39 is 34.8 Å². The smallest absolute Gasteiger partial charge is 0.200 e. The van der Waals surface area contributed by atoms with Crippen LogP contribution < -0.4 is 5.11 Å². The molecular formula is C23H36F5NO. The molecule has 7 heteroatoms. The lowest BCUT2D eigenvalue weighted by atomic mass is 10.1. The number of quaternary nitrogens is 1. The Kier molecular flexibility index (Phi) is 12.3. The molecule has 0 aromatic heterocycles. The molecule has 1 aromatic carbocycles. The van der Waals surface area contributed by atoms with E-state index in [2.05, 4.69) is 14.0 Å². The molecule has 1 aromatic rings. The van der Waals surface area contributed by atoms with Crippen LogP contribution in [0.2, 0.25) is 0 Å². The zero-order chi connectivity index (χ0) is 22.6. The Labute approximate surface area is 177 Å². The van der Waals surface area contributed by atoms with Crippen LogP contribution in [0.4, 0.5) is 22.0 Å². The SMILES string of the molecule is CCCCCCCCCCCC[N+]1(C)CCCC1.[O-]c1c(F)c(F)c(F)c(F)c1F. The second kappa shape index (κ2) is 13.8. The summed E-state index contributed by atoms with van der Waals surface area (Å²) in [6.45, 7) is 6.62. The van der Waals surface area contributed by atoms with Crippen molar-refractivity contribution in [2.24, 2.45) is 0 Å². The topological polar surface area (TPSA) is 23.1 Å². The Hall–Kier alpha value is -1.37. The molecule has 174 valence electrons. The summed E-state index contributed by atoms with van der Waals surface area (Å²) in [5.41, 5.74) is 0. The van der Waals surface area contributed by atoms with Crippen molar-refractivity contribution in [3.8, 4) is 5.75 Å². The number of benzene rings is 1. The Morgan fingerprint density at radius 3 is 1.43 bits per heavy atom.